The molecule has 0 N–H and O–H groups in total. The highest BCUT2D eigenvalue weighted by Crippen LogP contribution is 2.31. The lowest BCUT2D eigenvalue weighted by atomic mass is 10.0. The van der Waals surface area contributed by atoms with Gasteiger partial charge in [0.05, 0.1) is 4.88 Å². The molecule has 0 aliphatic rings. The summed E-state index contributed by atoms with van der Waals surface area (Å²) in [6.07, 6.45) is 0.646. The van der Waals surface area contributed by atoms with Gasteiger partial charge in [0.1, 0.15) is 0 Å². The Kier molecular flexibility index (Phi) is 3.10. The fourth-order valence-corrected chi connectivity index (χ4v) is 3.06. The Morgan fingerprint density at radius 2 is 2.00 bits per heavy atom. The molecule has 0 spiro atoms. The summed E-state index contributed by atoms with van der Waals surface area (Å²) in [6, 6.07) is 8.22. The Morgan fingerprint density at radius 1 is 1.31 bits per heavy atom. The van der Waals surface area contributed by atoms with Crippen LogP contribution < -0.4 is 0 Å². The van der Waals surface area contributed by atoms with E-state index < -0.39 is 0 Å². The molecule has 0 fully saturated rings. The van der Waals surface area contributed by atoms with Crippen molar-refractivity contribution in [1.29, 1.82) is 0 Å². The fourth-order valence-electron chi connectivity index (χ4n) is 1.90. The van der Waals surface area contributed by atoms with E-state index >= 15 is 0 Å². The zero-order chi connectivity index (χ0) is 11.7. The SMILES string of the molecule is Cc1c(C(=O)CC(C)C)sc2ccccc12. The topological polar surface area (TPSA) is 17.1 Å². The molecule has 1 aromatic carbocycles. The van der Waals surface area contributed by atoms with Crippen LogP contribution >= 0.6 is 11.3 Å². The van der Waals surface area contributed by atoms with Crippen molar-refractivity contribution >= 4 is 27.2 Å². The molecule has 0 aliphatic heterocycles. The molecule has 1 aromatic heterocycles. The molecular weight excluding hydrogens is 216 g/mol. The molecule has 16 heavy (non-hydrogen) atoms. The van der Waals surface area contributed by atoms with Gasteiger partial charge in [0.25, 0.3) is 0 Å². The second kappa shape index (κ2) is 4.38. The van der Waals surface area contributed by atoms with E-state index in [1.807, 2.05) is 19.1 Å². The number of carbonyl (C=O) groups is 1. The van der Waals surface area contributed by atoms with Crippen LogP contribution in [0.2, 0.25) is 0 Å². The van der Waals surface area contributed by atoms with Crippen LogP contribution in [0, 0.1) is 12.8 Å². The maximum absolute atomic E-state index is 12.1. The average molecular weight is 232 g/mol. The van der Waals surface area contributed by atoms with Crippen molar-refractivity contribution < 1.29 is 4.79 Å². The predicted molar refractivity (Wildman–Crippen MR) is 70.3 cm³/mol. The Balaban J connectivity index is 2.45. The van der Waals surface area contributed by atoms with E-state index in [4.69, 9.17) is 0 Å². The highest BCUT2D eigenvalue weighted by molar-refractivity contribution is 7.21. The zero-order valence-electron chi connectivity index (χ0n) is 9.91. The molecule has 0 aliphatic carbocycles. The molecule has 0 amide bonds. The number of aryl methyl sites for hydroxylation is 1. The molecule has 0 unspecified atom stereocenters. The molecule has 2 aromatic rings. The van der Waals surface area contributed by atoms with Gasteiger partial charge in [-0.25, -0.2) is 0 Å². The normalized spacial score (nSPS) is 11.2. The summed E-state index contributed by atoms with van der Waals surface area (Å²) in [5, 5.41) is 1.22. The highest BCUT2D eigenvalue weighted by atomic mass is 32.1. The molecule has 2 rings (SSSR count). The van der Waals surface area contributed by atoms with E-state index in [9.17, 15) is 4.79 Å². The zero-order valence-corrected chi connectivity index (χ0v) is 10.7. The van der Waals surface area contributed by atoms with Gasteiger partial charge in [-0.15, -0.1) is 11.3 Å². The molecule has 0 saturated heterocycles. The third-order valence-electron chi connectivity index (χ3n) is 2.69. The van der Waals surface area contributed by atoms with E-state index in [1.54, 1.807) is 11.3 Å². The first-order valence-electron chi connectivity index (χ1n) is 5.61. The molecule has 2 heteroatoms. The minimum atomic E-state index is 0.286. The Morgan fingerprint density at radius 3 is 2.62 bits per heavy atom. The fraction of sp³-hybridized carbons (Fsp3) is 0.357. The van der Waals surface area contributed by atoms with E-state index in [0.717, 1.165) is 10.4 Å². The minimum Gasteiger partial charge on any atom is -0.293 e. The maximum atomic E-state index is 12.1. The first-order chi connectivity index (χ1) is 7.59. The number of hydrogen-bond donors (Lipinski definition) is 0. The lowest BCUT2D eigenvalue weighted by molar-refractivity contribution is 0.0971. The molecule has 0 bridgehead atoms. The number of ketones is 1. The van der Waals surface area contributed by atoms with Crippen LogP contribution in [-0.4, -0.2) is 5.78 Å². The van der Waals surface area contributed by atoms with Gasteiger partial charge in [0.15, 0.2) is 5.78 Å². The first kappa shape index (κ1) is 11.3. The van der Waals surface area contributed by atoms with Crippen molar-refractivity contribution in [3.05, 3.63) is 34.7 Å². The van der Waals surface area contributed by atoms with E-state index in [0.29, 0.717) is 12.3 Å². The average Bonchev–Trinajstić information content (AvgIpc) is 2.56. The Bertz CT molecular complexity index is 523. The van der Waals surface area contributed by atoms with E-state index in [1.165, 1.54) is 10.1 Å². The van der Waals surface area contributed by atoms with Crippen LogP contribution in [0.3, 0.4) is 0 Å². The van der Waals surface area contributed by atoms with Crippen LogP contribution in [0.15, 0.2) is 24.3 Å². The van der Waals surface area contributed by atoms with E-state index in [2.05, 4.69) is 26.0 Å². The van der Waals surface area contributed by atoms with Crippen molar-refractivity contribution in [2.75, 3.05) is 0 Å². The molecule has 0 radical (unpaired) electrons. The smallest absolute Gasteiger partial charge is 0.173 e. The summed E-state index contributed by atoms with van der Waals surface area (Å²) in [4.78, 5) is 13.0. The summed E-state index contributed by atoms with van der Waals surface area (Å²) in [5.74, 6) is 0.714. The van der Waals surface area contributed by atoms with Gasteiger partial charge in [0, 0.05) is 11.1 Å². The van der Waals surface area contributed by atoms with Crippen LogP contribution in [0.5, 0.6) is 0 Å². The Hall–Kier alpha value is -1.15. The van der Waals surface area contributed by atoms with Crippen molar-refractivity contribution in [2.45, 2.75) is 27.2 Å². The minimum absolute atomic E-state index is 0.286. The summed E-state index contributed by atoms with van der Waals surface area (Å²) in [5.41, 5.74) is 1.14. The summed E-state index contributed by atoms with van der Waals surface area (Å²) in [6.45, 7) is 6.22. The van der Waals surface area contributed by atoms with Crippen LogP contribution in [0.1, 0.15) is 35.5 Å². The third kappa shape index (κ3) is 2.03. The predicted octanol–water partition coefficient (Wildman–Crippen LogP) is 4.44. The quantitative estimate of drug-likeness (QED) is 0.715. The molecule has 84 valence electrons. The number of carbonyl (C=O) groups excluding carboxylic acids is 1. The molecule has 1 heterocycles. The molecular formula is C14H16OS. The van der Waals surface area contributed by atoms with Crippen molar-refractivity contribution in [3.63, 3.8) is 0 Å². The maximum Gasteiger partial charge on any atom is 0.173 e. The van der Waals surface area contributed by atoms with Crippen molar-refractivity contribution in [2.24, 2.45) is 5.92 Å². The van der Waals surface area contributed by atoms with Crippen molar-refractivity contribution in [3.8, 4) is 0 Å². The number of Topliss-reactive ketones (excluding diaryl/α,β-unsaturated/α-hetero) is 1. The molecule has 1 nitrogen and oxygen atoms in total. The van der Waals surface area contributed by atoms with Gasteiger partial charge in [-0.2, -0.15) is 0 Å². The lowest BCUT2D eigenvalue weighted by Crippen LogP contribution is -2.02. The van der Waals surface area contributed by atoms with E-state index in [-0.39, 0.29) is 5.78 Å². The first-order valence-corrected chi connectivity index (χ1v) is 6.42. The summed E-state index contributed by atoms with van der Waals surface area (Å²) >= 11 is 1.62. The van der Waals surface area contributed by atoms with Gasteiger partial charge in [-0.3, -0.25) is 4.79 Å². The summed E-state index contributed by atoms with van der Waals surface area (Å²) in [7, 11) is 0. The monoisotopic (exact) mass is 232 g/mol. The van der Waals surface area contributed by atoms with Crippen LogP contribution in [0.4, 0.5) is 0 Å². The second-order valence-corrected chi connectivity index (χ2v) is 5.63. The highest BCUT2D eigenvalue weighted by Gasteiger charge is 2.15. The number of thiophene rings is 1. The lowest BCUT2D eigenvalue weighted by Gasteiger charge is -2.02. The van der Waals surface area contributed by atoms with Crippen molar-refractivity contribution in [1.82, 2.24) is 0 Å². The molecule has 0 saturated carbocycles. The number of rotatable bonds is 3. The standard InChI is InChI=1S/C14H16OS/c1-9(2)8-12(15)14-10(3)11-6-4-5-7-13(11)16-14/h4-7,9H,8H2,1-3H3. The van der Waals surface area contributed by atoms with Gasteiger partial charge in [-0.05, 0) is 29.9 Å². The number of hydrogen-bond acceptors (Lipinski definition) is 2. The van der Waals surface area contributed by atoms with Gasteiger partial charge in [0.2, 0.25) is 0 Å². The Labute approximate surface area is 100 Å². The van der Waals surface area contributed by atoms with Crippen LogP contribution in [0.25, 0.3) is 10.1 Å². The van der Waals surface area contributed by atoms with Crippen LogP contribution in [-0.2, 0) is 0 Å². The third-order valence-corrected chi connectivity index (χ3v) is 4.00. The molecule has 0 atom stereocenters. The van der Waals surface area contributed by atoms with Gasteiger partial charge in [-0.1, -0.05) is 32.0 Å². The van der Waals surface area contributed by atoms with Gasteiger partial charge >= 0.3 is 0 Å². The number of fused-ring (bicyclic) bond motifs is 1. The largest absolute Gasteiger partial charge is 0.293 e. The second-order valence-electron chi connectivity index (χ2n) is 4.57. The summed E-state index contributed by atoms with van der Waals surface area (Å²) < 4.78 is 1.21. The van der Waals surface area contributed by atoms with Gasteiger partial charge < -0.3 is 0 Å². The number of benzene rings is 1.